The van der Waals surface area contributed by atoms with E-state index in [9.17, 15) is 9.18 Å². The number of allylic oxidation sites excluding steroid dienone is 1. The number of rotatable bonds is 3. The summed E-state index contributed by atoms with van der Waals surface area (Å²) >= 11 is 0. The number of carbonyl (C=O) groups excluding carboxylic acids is 1. The third-order valence-electron chi connectivity index (χ3n) is 1.82. The van der Waals surface area contributed by atoms with Crippen LogP contribution in [0.25, 0.3) is 0 Å². The lowest BCUT2D eigenvalue weighted by Gasteiger charge is -2.05. The molecule has 74 valence electrons. The van der Waals surface area contributed by atoms with Crippen molar-refractivity contribution in [3.63, 3.8) is 0 Å². The van der Waals surface area contributed by atoms with Crippen LogP contribution in [0.3, 0.4) is 0 Å². The van der Waals surface area contributed by atoms with Crippen LogP contribution in [-0.4, -0.2) is 12.9 Å². The van der Waals surface area contributed by atoms with E-state index in [2.05, 4.69) is 6.58 Å². The van der Waals surface area contributed by atoms with Gasteiger partial charge in [-0.15, -0.1) is 0 Å². The predicted molar refractivity (Wildman–Crippen MR) is 52.1 cm³/mol. The molecule has 1 aromatic carbocycles. The molecule has 0 aromatic heterocycles. The largest absolute Gasteiger partial charge is 0.494 e. The monoisotopic (exact) mass is 194 g/mol. The topological polar surface area (TPSA) is 26.3 Å². The van der Waals surface area contributed by atoms with Crippen LogP contribution in [0.2, 0.25) is 0 Å². The number of ketones is 1. The van der Waals surface area contributed by atoms with Crippen molar-refractivity contribution >= 4 is 5.78 Å². The van der Waals surface area contributed by atoms with Gasteiger partial charge in [0.25, 0.3) is 0 Å². The zero-order valence-corrected chi connectivity index (χ0v) is 8.13. The highest BCUT2D eigenvalue weighted by Crippen LogP contribution is 2.21. The van der Waals surface area contributed by atoms with E-state index in [1.54, 1.807) is 13.0 Å². The zero-order valence-electron chi connectivity index (χ0n) is 8.13. The summed E-state index contributed by atoms with van der Waals surface area (Å²) in [6.07, 6.45) is 0. The lowest BCUT2D eigenvalue weighted by atomic mass is 10.1. The van der Waals surface area contributed by atoms with Gasteiger partial charge in [-0.1, -0.05) is 12.6 Å². The van der Waals surface area contributed by atoms with Gasteiger partial charge in [0.2, 0.25) is 0 Å². The Balaban J connectivity index is 3.22. The Morgan fingerprint density at radius 3 is 2.64 bits per heavy atom. The van der Waals surface area contributed by atoms with Crippen LogP contribution in [0.4, 0.5) is 4.39 Å². The summed E-state index contributed by atoms with van der Waals surface area (Å²) in [5, 5.41) is 0. The number of hydrogen-bond donors (Lipinski definition) is 0. The first-order chi connectivity index (χ1) is 6.57. The third-order valence-corrected chi connectivity index (χ3v) is 1.82. The van der Waals surface area contributed by atoms with Crippen LogP contribution in [0.1, 0.15) is 17.3 Å². The van der Waals surface area contributed by atoms with E-state index in [-0.39, 0.29) is 11.3 Å². The summed E-state index contributed by atoms with van der Waals surface area (Å²) in [6.45, 7) is 5.01. The van der Waals surface area contributed by atoms with Crippen molar-refractivity contribution in [3.05, 3.63) is 41.7 Å². The van der Waals surface area contributed by atoms with Gasteiger partial charge in [0.15, 0.2) is 17.3 Å². The smallest absolute Gasteiger partial charge is 0.191 e. The van der Waals surface area contributed by atoms with Crippen LogP contribution < -0.4 is 4.74 Å². The molecular weight excluding hydrogens is 183 g/mol. The van der Waals surface area contributed by atoms with Crippen LogP contribution in [0.15, 0.2) is 30.4 Å². The molecule has 0 saturated carbocycles. The summed E-state index contributed by atoms with van der Waals surface area (Å²) in [4.78, 5) is 11.4. The van der Waals surface area contributed by atoms with Crippen LogP contribution in [0, 0.1) is 5.82 Å². The summed E-state index contributed by atoms with van der Waals surface area (Å²) < 4.78 is 18.3. The van der Waals surface area contributed by atoms with Crippen molar-refractivity contribution in [1.29, 1.82) is 0 Å². The standard InChI is InChI=1S/C11H11FO2/c1-7(2)11(13)8-5-4-6-9(14-3)10(8)12/h4-6H,1H2,2-3H3. The lowest BCUT2D eigenvalue weighted by Crippen LogP contribution is -2.04. The average Bonchev–Trinajstić information content (AvgIpc) is 2.17. The summed E-state index contributed by atoms with van der Waals surface area (Å²) in [5.41, 5.74) is 0.300. The van der Waals surface area contributed by atoms with Crippen molar-refractivity contribution in [3.8, 4) is 5.75 Å². The summed E-state index contributed by atoms with van der Waals surface area (Å²) in [5.74, 6) is -0.971. The van der Waals surface area contributed by atoms with Crippen LogP contribution in [-0.2, 0) is 0 Å². The average molecular weight is 194 g/mol. The summed E-state index contributed by atoms with van der Waals surface area (Å²) in [6, 6.07) is 4.44. The molecule has 0 amide bonds. The van der Waals surface area contributed by atoms with E-state index < -0.39 is 11.6 Å². The molecule has 1 aromatic rings. The van der Waals surface area contributed by atoms with Crippen molar-refractivity contribution < 1.29 is 13.9 Å². The Morgan fingerprint density at radius 2 is 2.14 bits per heavy atom. The van der Waals surface area contributed by atoms with Crippen molar-refractivity contribution in [2.75, 3.05) is 7.11 Å². The van der Waals surface area contributed by atoms with Gasteiger partial charge in [0.05, 0.1) is 12.7 Å². The van der Waals surface area contributed by atoms with Crippen molar-refractivity contribution in [2.24, 2.45) is 0 Å². The van der Waals surface area contributed by atoms with Gasteiger partial charge >= 0.3 is 0 Å². The molecule has 3 heteroatoms. The SMILES string of the molecule is C=C(C)C(=O)c1cccc(OC)c1F. The highest BCUT2D eigenvalue weighted by Gasteiger charge is 2.15. The van der Waals surface area contributed by atoms with E-state index in [0.29, 0.717) is 5.57 Å². The first-order valence-corrected chi connectivity index (χ1v) is 4.10. The Morgan fingerprint density at radius 1 is 1.50 bits per heavy atom. The Kier molecular flexibility index (Phi) is 3.02. The second-order valence-corrected chi connectivity index (χ2v) is 2.93. The number of benzene rings is 1. The van der Waals surface area contributed by atoms with Crippen LogP contribution >= 0.6 is 0 Å². The molecule has 14 heavy (non-hydrogen) atoms. The molecule has 0 aliphatic carbocycles. The molecule has 0 spiro atoms. The molecule has 0 bridgehead atoms. The molecule has 0 aliphatic rings. The second-order valence-electron chi connectivity index (χ2n) is 2.93. The Bertz CT molecular complexity index is 383. The molecule has 0 N–H and O–H groups in total. The van der Waals surface area contributed by atoms with Gasteiger partial charge in [-0.3, -0.25) is 4.79 Å². The van der Waals surface area contributed by atoms with Crippen molar-refractivity contribution in [1.82, 2.24) is 0 Å². The van der Waals surface area contributed by atoms with E-state index in [1.807, 2.05) is 0 Å². The Hall–Kier alpha value is -1.64. The maximum Gasteiger partial charge on any atom is 0.191 e. The number of hydrogen-bond acceptors (Lipinski definition) is 2. The van der Waals surface area contributed by atoms with Gasteiger partial charge in [0.1, 0.15) is 0 Å². The van der Waals surface area contributed by atoms with E-state index >= 15 is 0 Å². The molecule has 0 saturated heterocycles. The highest BCUT2D eigenvalue weighted by atomic mass is 19.1. The van der Waals surface area contributed by atoms with Gasteiger partial charge in [-0.05, 0) is 24.6 Å². The van der Waals surface area contributed by atoms with Crippen LogP contribution in [0.5, 0.6) is 5.75 Å². The van der Waals surface area contributed by atoms with Gasteiger partial charge in [-0.25, -0.2) is 4.39 Å². The Labute approximate surface area is 82.0 Å². The normalized spacial score (nSPS) is 9.64. The maximum atomic E-state index is 13.5. The number of methoxy groups -OCH3 is 1. The molecule has 0 aliphatic heterocycles. The fraction of sp³-hybridized carbons (Fsp3) is 0.182. The molecule has 0 radical (unpaired) electrons. The van der Waals surface area contributed by atoms with E-state index in [4.69, 9.17) is 4.74 Å². The molecule has 0 fully saturated rings. The number of ether oxygens (including phenoxy) is 1. The minimum atomic E-state index is -0.636. The lowest BCUT2D eigenvalue weighted by molar-refractivity contribution is 0.103. The van der Waals surface area contributed by atoms with Gasteiger partial charge < -0.3 is 4.74 Å². The first-order valence-electron chi connectivity index (χ1n) is 4.10. The molecule has 0 unspecified atom stereocenters. The first kappa shape index (κ1) is 10.4. The zero-order chi connectivity index (χ0) is 10.7. The highest BCUT2D eigenvalue weighted by molar-refractivity contribution is 6.08. The number of halogens is 1. The van der Waals surface area contributed by atoms with E-state index in [1.165, 1.54) is 19.2 Å². The number of Topliss-reactive ketones (excluding diaryl/α,β-unsaturated/α-hetero) is 1. The molecule has 2 nitrogen and oxygen atoms in total. The van der Waals surface area contributed by atoms with Gasteiger partial charge in [0, 0.05) is 0 Å². The summed E-state index contributed by atoms with van der Waals surface area (Å²) in [7, 11) is 1.35. The van der Waals surface area contributed by atoms with E-state index in [0.717, 1.165) is 0 Å². The second kappa shape index (κ2) is 4.05. The van der Waals surface area contributed by atoms with Crippen molar-refractivity contribution in [2.45, 2.75) is 6.92 Å². The minimum absolute atomic E-state index is 0.00292. The molecular formula is C11H11FO2. The molecule has 1 rings (SSSR count). The third kappa shape index (κ3) is 1.82. The minimum Gasteiger partial charge on any atom is -0.494 e. The van der Waals surface area contributed by atoms with Gasteiger partial charge in [-0.2, -0.15) is 0 Å². The molecule has 0 heterocycles. The quantitative estimate of drug-likeness (QED) is 0.546. The number of carbonyl (C=O) groups is 1. The maximum absolute atomic E-state index is 13.5. The predicted octanol–water partition coefficient (Wildman–Crippen LogP) is 2.59. The fourth-order valence-electron chi connectivity index (χ4n) is 1.07. The fourth-order valence-corrected chi connectivity index (χ4v) is 1.07. The molecule has 0 atom stereocenters.